The Labute approximate surface area is 54.5 Å². The van der Waals surface area contributed by atoms with E-state index in [1.807, 2.05) is 6.07 Å². The Morgan fingerprint density at radius 2 is 2.22 bits per heavy atom. The van der Waals surface area contributed by atoms with Gasteiger partial charge < -0.3 is 10.2 Å². The van der Waals surface area contributed by atoms with Crippen molar-refractivity contribution < 1.29 is 10.2 Å². The predicted molar refractivity (Wildman–Crippen MR) is 32.5 cm³/mol. The Morgan fingerprint density at radius 3 is 2.22 bits per heavy atom. The highest BCUT2D eigenvalue weighted by atomic mass is 16.3. The van der Waals surface area contributed by atoms with Crippen molar-refractivity contribution >= 4 is 0 Å². The first-order chi connectivity index (χ1) is 4.06. The standard InChI is InChI=1S/C6H11NO2/c1-5(9)6(2,3-7)4-8/h5,8-9H,4H2,1-2H3/t5-,6-/m1/s1. The van der Waals surface area contributed by atoms with Gasteiger partial charge >= 0.3 is 0 Å². The van der Waals surface area contributed by atoms with Gasteiger partial charge in [-0.05, 0) is 13.8 Å². The number of hydrogen-bond donors (Lipinski definition) is 2. The minimum absolute atomic E-state index is 0.304. The molecule has 0 unspecified atom stereocenters. The molecule has 0 bridgehead atoms. The Kier molecular flexibility index (Phi) is 2.63. The number of nitriles is 1. The zero-order valence-electron chi connectivity index (χ0n) is 5.63. The molecule has 0 aromatic rings. The monoisotopic (exact) mass is 129 g/mol. The zero-order valence-corrected chi connectivity index (χ0v) is 5.63. The van der Waals surface area contributed by atoms with E-state index < -0.39 is 11.5 Å². The van der Waals surface area contributed by atoms with Crippen LogP contribution in [0.5, 0.6) is 0 Å². The molecule has 0 spiro atoms. The van der Waals surface area contributed by atoms with E-state index in [0.717, 1.165) is 0 Å². The molecule has 0 saturated carbocycles. The van der Waals surface area contributed by atoms with Gasteiger partial charge in [-0.25, -0.2) is 0 Å². The molecule has 0 rings (SSSR count). The highest BCUT2D eigenvalue weighted by Gasteiger charge is 2.28. The maximum atomic E-state index is 8.89. The average molecular weight is 129 g/mol. The predicted octanol–water partition coefficient (Wildman–Crippen LogP) is -0.111. The molecule has 52 valence electrons. The summed E-state index contributed by atoms with van der Waals surface area (Å²) in [4.78, 5) is 0. The first-order valence-electron chi connectivity index (χ1n) is 2.77. The molecule has 9 heavy (non-hydrogen) atoms. The van der Waals surface area contributed by atoms with Crippen LogP contribution >= 0.6 is 0 Å². The highest BCUT2D eigenvalue weighted by Crippen LogP contribution is 2.18. The van der Waals surface area contributed by atoms with E-state index in [1.165, 1.54) is 13.8 Å². The van der Waals surface area contributed by atoms with E-state index in [9.17, 15) is 0 Å². The molecule has 0 aromatic carbocycles. The molecule has 0 aliphatic rings. The average Bonchev–Trinajstić information content (AvgIpc) is 1.86. The van der Waals surface area contributed by atoms with E-state index in [0.29, 0.717) is 0 Å². The number of aliphatic hydroxyl groups is 2. The highest BCUT2D eigenvalue weighted by molar-refractivity contribution is 4.98. The fourth-order valence-electron chi connectivity index (χ4n) is 0.261. The van der Waals surface area contributed by atoms with Crippen LogP contribution in [0.1, 0.15) is 13.8 Å². The summed E-state index contributed by atoms with van der Waals surface area (Å²) >= 11 is 0. The van der Waals surface area contributed by atoms with E-state index in [-0.39, 0.29) is 6.61 Å². The minimum Gasteiger partial charge on any atom is -0.395 e. The second-order valence-electron chi connectivity index (χ2n) is 2.36. The Bertz CT molecular complexity index is 128. The van der Waals surface area contributed by atoms with E-state index in [2.05, 4.69) is 0 Å². The molecular weight excluding hydrogens is 118 g/mol. The van der Waals surface area contributed by atoms with Gasteiger partial charge in [0, 0.05) is 0 Å². The third-order valence-electron chi connectivity index (χ3n) is 1.51. The van der Waals surface area contributed by atoms with Crippen LogP contribution in [-0.4, -0.2) is 22.9 Å². The van der Waals surface area contributed by atoms with Gasteiger partial charge in [0.2, 0.25) is 0 Å². The van der Waals surface area contributed by atoms with Crippen molar-refractivity contribution in [1.82, 2.24) is 0 Å². The maximum absolute atomic E-state index is 8.89. The smallest absolute Gasteiger partial charge is 0.103 e. The van der Waals surface area contributed by atoms with Gasteiger partial charge in [-0.1, -0.05) is 0 Å². The summed E-state index contributed by atoms with van der Waals surface area (Å²) in [5.41, 5.74) is -1.00. The normalized spacial score (nSPS) is 19.9. The van der Waals surface area contributed by atoms with Crippen molar-refractivity contribution in [2.45, 2.75) is 20.0 Å². The van der Waals surface area contributed by atoms with E-state index >= 15 is 0 Å². The molecule has 0 fully saturated rings. The van der Waals surface area contributed by atoms with Crippen molar-refractivity contribution in [2.75, 3.05) is 6.61 Å². The summed E-state index contributed by atoms with van der Waals surface area (Å²) in [6.07, 6.45) is -0.785. The summed E-state index contributed by atoms with van der Waals surface area (Å²) in [6.45, 7) is 2.69. The van der Waals surface area contributed by atoms with Crippen LogP contribution in [0.15, 0.2) is 0 Å². The Hall–Kier alpha value is -0.590. The third-order valence-corrected chi connectivity index (χ3v) is 1.51. The SMILES string of the molecule is C[C@@H](O)[C@](C)(C#N)CO. The van der Waals surface area contributed by atoms with Crippen molar-refractivity contribution in [2.24, 2.45) is 5.41 Å². The van der Waals surface area contributed by atoms with Crippen LogP contribution in [0.3, 0.4) is 0 Å². The molecular formula is C6H11NO2. The molecule has 0 aromatic heterocycles. The summed E-state index contributed by atoms with van der Waals surface area (Å²) < 4.78 is 0. The van der Waals surface area contributed by atoms with Gasteiger partial charge in [-0.15, -0.1) is 0 Å². The third kappa shape index (κ3) is 1.67. The molecule has 0 amide bonds. The summed E-state index contributed by atoms with van der Waals surface area (Å²) in [7, 11) is 0. The molecule has 3 heteroatoms. The number of hydrogen-bond acceptors (Lipinski definition) is 3. The van der Waals surface area contributed by atoms with Gasteiger partial charge in [0.1, 0.15) is 5.41 Å². The molecule has 2 N–H and O–H groups in total. The molecule has 0 heterocycles. The summed E-state index contributed by atoms with van der Waals surface area (Å²) in [6, 6.07) is 1.83. The van der Waals surface area contributed by atoms with Crippen LogP contribution in [0.25, 0.3) is 0 Å². The van der Waals surface area contributed by atoms with E-state index in [4.69, 9.17) is 15.5 Å². The zero-order chi connectivity index (χ0) is 7.49. The Balaban J connectivity index is 4.14. The number of nitrogens with zero attached hydrogens (tertiary/aromatic N) is 1. The minimum atomic E-state index is -1.00. The van der Waals surface area contributed by atoms with Crippen molar-refractivity contribution in [3.63, 3.8) is 0 Å². The van der Waals surface area contributed by atoms with Crippen LogP contribution in [0.2, 0.25) is 0 Å². The van der Waals surface area contributed by atoms with Gasteiger partial charge in [-0.3, -0.25) is 0 Å². The molecule has 0 radical (unpaired) electrons. The van der Waals surface area contributed by atoms with Gasteiger partial charge in [0.15, 0.2) is 0 Å². The van der Waals surface area contributed by atoms with Gasteiger partial charge in [0.25, 0.3) is 0 Å². The van der Waals surface area contributed by atoms with Gasteiger partial charge in [0.05, 0.1) is 18.8 Å². The fourth-order valence-corrected chi connectivity index (χ4v) is 0.261. The number of rotatable bonds is 2. The first kappa shape index (κ1) is 8.41. The quantitative estimate of drug-likeness (QED) is 0.546. The van der Waals surface area contributed by atoms with Crippen LogP contribution in [-0.2, 0) is 0 Å². The second-order valence-corrected chi connectivity index (χ2v) is 2.36. The van der Waals surface area contributed by atoms with Crippen LogP contribution < -0.4 is 0 Å². The van der Waals surface area contributed by atoms with Gasteiger partial charge in [-0.2, -0.15) is 5.26 Å². The lowest BCUT2D eigenvalue weighted by molar-refractivity contribution is 0.0460. The lowest BCUT2D eigenvalue weighted by atomic mass is 9.88. The molecule has 0 aliphatic heterocycles. The summed E-state index contributed by atoms with van der Waals surface area (Å²) in [5.74, 6) is 0. The van der Waals surface area contributed by atoms with Crippen molar-refractivity contribution in [3.8, 4) is 6.07 Å². The molecule has 2 atom stereocenters. The van der Waals surface area contributed by atoms with E-state index in [1.54, 1.807) is 0 Å². The lowest BCUT2D eigenvalue weighted by Gasteiger charge is -2.20. The first-order valence-corrected chi connectivity index (χ1v) is 2.77. The maximum Gasteiger partial charge on any atom is 0.103 e. The van der Waals surface area contributed by atoms with Crippen molar-refractivity contribution in [3.05, 3.63) is 0 Å². The Morgan fingerprint density at radius 1 is 1.78 bits per heavy atom. The second kappa shape index (κ2) is 2.81. The lowest BCUT2D eigenvalue weighted by Crippen LogP contribution is -2.31. The fraction of sp³-hybridized carbons (Fsp3) is 0.833. The molecule has 0 saturated heterocycles. The largest absolute Gasteiger partial charge is 0.395 e. The topological polar surface area (TPSA) is 64.2 Å². The summed E-state index contributed by atoms with van der Waals surface area (Å²) in [5, 5.41) is 25.8. The van der Waals surface area contributed by atoms with Crippen LogP contribution in [0.4, 0.5) is 0 Å². The van der Waals surface area contributed by atoms with Crippen molar-refractivity contribution in [1.29, 1.82) is 5.26 Å². The molecule has 3 nitrogen and oxygen atoms in total. The number of aliphatic hydroxyl groups excluding tert-OH is 2. The molecule has 0 aliphatic carbocycles. The van der Waals surface area contributed by atoms with Crippen LogP contribution in [0, 0.1) is 16.7 Å².